The van der Waals surface area contributed by atoms with Crippen LogP contribution in [0.4, 0.5) is 5.69 Å². The van der Waals surface area contributed by atoms with Crippen molar-refractivity contribution in [3.8, 4) is 24.0 Å². The molecule has 0 amide bonds. The van der Waals surface area contributed by atoms with Gasteiger partial charge in [0.05, 0.1) is 7.11 Å². The number of rotatable bonds is 10. The van der Waals surface area contributed by atoms with Crippen molar-refractivity contribution in [2.24, 2.45) is 0 Å². The van der Waals surface area contributed by atoms with E-state index >= 15 is 0 Å². The molecule has 0 unspecified atom stereocenters. The van der Waals surface area contributed by atoms with E-state index in [-0.39, 0.29) is 16.9 Å². The molecule has 2 rings (SSSR count). The summed E-state index contributed by atoms with van der Waals surface area (Å²) in [6.07, 6.45) is 8.24. The third-order valence-electron chi connectivity index (χ3n) is 5.64. The van der Waals surface area contributed by atoms with Crippen molar-refractivity contribution in [2.45, 2.75) is 59.0 Å². The average Bonchev–Trinajstić information content (AvgIpc) is 3.07. The third-order valence-corrected chi connectivity index (χ3v) is 5.64. The molecule has 0 atom stereocenters. The number of benzene rings is 1. The molecule has 1 aromatic carbocycles. The fourth-order valence-electron chi connectivity index (χ4n) is 3.76. The number of hydrogen-bond donors (Lipinski definition) is 0. The summed E-state index contributed by atoms with van der Waals surface area (Å²) in [5.74, 6) is 0.778. The smallest absolute Gasteiger partial charge is 0.172 e. The van der Waals surface area contributed by atoms with Gasteiger partial charge in [0.15, 0.2) is 11.3 Å². The molecule has 33 heavy (non-hydrogen) atoms. The van der Waals surface area contributed by atoms with E-state index in [1.165, 1.54) is 0 Å². The third kappa shape index (κ3) is 5.97. The second-order valence-electron chi connectivity index (χ2n) is 8.39. The van der Waals surface area contributed by atoms with Crippen molar-refractivity contribution < 1.29 is 9.47 Å². The summed E-state index contributed by atoms with van der Waals surface area (Å²) in [6.45, 7) is 10.0. The molecule has 0 saturated carbocycles. The Morgan fingerprint density at radius 2 is 1.70 bits per heavy atom. The van der Waals surface area contributed by atoms with Gasteiger partial charge in [-0.05, 0) is 38.8 Å². The second-order valence-corrected chi connectivity index (χ2v) is 8.39. The maximum Gasteiger partial charge on any atom is 0.172 e. The van der Waals surface area contributed by atoms with Gasteiger partial charge in [-0.25, -0.2) is 0 Å². The Bertz CT molecular complexity index is 1050. The standard InChI is InChI=1S/C27H32N4O2/c1-6-8-14-31(15-9-7-2)22-12-10-20(25(16-22)32-5)11-13-24-23(19-30)26(21(17-28)18-29)33-27(24,3)4/h10-13,16H,6-9,14-15H2,1-5H3/b13-11+. The number of hydrogen-bond acceptors (Lipinski definition) is 6. The fourth-order valence-corrected chi connectivity index (χ4v) is 3.76. The molecule has 0 aliphatic carbocycles. The van der Waals surface area contributed by atoms with Gasteiger partial charge in [-0.2, -0.15) is 15.8 Å². The van der Waals surface area contributed by atoms with Gasteiger partial charge in [0.1, 0.15) is 35.1 Å². The molecular weight excluding hydrogens is 412 g/mol. The number of anilines is 1. The number of nitrogens with zero attached hydrogens (tertiary/aromatic N) is 4. The molecule has 6 nitrogen and oxygen atoms in total. The van der Waals surface area contributed by atoms with E-state index < -0.39 is 5.60 Å². The summed E-state index contributed by atoms with van der Waals surface area (Å²) < 4.78 is 11.5. The first kappa shape index (κ1) is 25.6. The summed E-state index contributed by atoms with van der Waals surface area (Å²) in [5.41, 5.74) is 1.76. The van der Waals surface area contributed by atoms with Crippen molar-refractivity contribution >= 4 is 11.8 Å². The normalized spacial score (nSPS) is 14.4. The van der Waals surface area contributed by atoms with E-state index in [1.54, 1.807) is 13.2 Å². The predicted molar refractivity (Wildman–Crippen MR) is 130 cm³/mol. The van der Waals surface area contributed by atoms with E-state index in [2.05, 4.69) is 36.9 Å². The van der Waals surface area contributed by atoms with Crippen molar-refractivity contribution in [3.63, 3.8) is 0 Å². The van der Waals surface area contributed by atoms with Gasteiger partial charge in [-0.1, -0.05) is 38.8 Å². The van der Waals surface area contributed by atoms with E-state index in [1.807, 2.05) is 38.1 Å². The van der Waals surface area contributed by atoms with Crippen LogP contribution in [0.3, 0.4) is 0 Å². The highest BCUT2D eigenvalue weighted by Crippen LogP contribution is 2.40. The monoisotopic (exact) mass is 444 g/mol. The lowest BCUT2D eigenvalue weighted by Gasteiger charge is -2.25. The molecular formula is C27H32N4O2. The van der Waals surface area contributed by atoms with Crippen LogP contribution in [0.1, 0.15) is 58.9 Å². The van der Waals surface area contributed by atoms with Gasteiger partial charge in [-0.3, -0.25) is 0 Å². The maximum atomic E-state index is 9.71. The van der Waals surface area contributed by atoms with Gasteiger partial charge < -0.3 is 14.4 Å². The summed E-state index contributed by atoms with van der Waals surface area (Å²) in [4.78, 5) is 2.40. The quantitative estimate of drug-likeness (QED) is 0.408. The number of nitriles is 3. The lowest BCUT2D eigenvalue weighted by atomic mass is 9.94. The highest BCUT2D eigenvalue weighted by Gasteiger charge is 2.38. The van der Waals surface area contributed by atoms with Crippen LogP contribution in [-0.4, -0.2) is 25.8 Å². The van der Waals surface area contributed by atoms with Gasteiger partial charge in [0.25, 0.3) is 0 Å². The Morgan fingerprint density at radius 3 is 2.21 bits per heavy atom. The van der Waals surface area contributed by atoms with E-state index in [9.17, 15) is 15.8 Å². The Kier molecular flexibility index (Phi) is 9.14. The van der Waals surface area contributed by atoms with Gasteiger partial charge in [-0.15, -0.1) is 0 Å². The van der Waals surface area contributed by atoms with Crippen molar-refractivity contribution in [1.82, 2.24) is 0 Å². The average molecular weight is 445 g/mol. The van der Waals surface area contributed by atoms with Crippen LogP contribution in [0.15, 0.2) is 46.8 Å². The Balaban J connectivity index is 2.45. The molecule has 0 fully saturated rings. The van der Waals surface area contributed by atoms with Crippen molar-refractivity contribution in [3.05, 3.63) is 52.3 Å². The van der Waals surface area contributed by atoms with Crippen LogP contribution in [-0.2, 0) is 4.74 Å². The molecule has 0 aromatic heterocycles. The topological polar surface area (TPSA) is 93.1 Å². The van der Waals surface area contributed by atoms with Gasteiger partial charge in [0, 0.05) is 36.0 Å². The molecule has 0 radical (unpaired) electrons. The summed E-state index contributed by atoms with van der Waals surface area (Å²) in [5, 5.41) is 28.2. The van der Waals surface area contributed by atoms with E-state index in [0.29, 0.717) is 5.57 Å². The van der Waals surface area contributed by atoms with Crippen LogP contribution >= 0.6 is 0 Å². The fraction of sp³-hybridized carbons (Fsp3) is 0.444. The Hall–Kier alpha value is -3.69. The Morgan fingerprint density at radius 1 is 1.06 bits per heavy atom. The lowest BCUT2D eigenvalue weighted by molar-refractivity contribution is 0.0954. The number of unbranched alkanes of at least 4 members (excludes halogenated alkanes) is 2. The molecule has 6 heteroatoms. The minimum atomic E-state index is -0.847. The van der Waals surface area contributed by atoms with Crippen LogP contribution < -0.4 is 9.64 Å². The zero-order chi connectivity index (χ0) is 24.4. The molecule has 1 heterocycles. The minimum Gasteiger partial charge on any atom is -0.496 e. The first-order valence-corrected chi connectivity index (χ1v) is 11.4. The Labute approximate surface area is 197 Å². The first-order valence-electron chi connectivity index (χ1n) is 11.4. The van der Waals surface area contributed by atoms with Gasteiger partial charge >= 0.3 is 0 Å². The minimum absolute atomic E-state index is 0.0388. The highest BCUT2D eigenvalue weighted by atomic mass is 16.5. The zero-order valence-electron chi connectivity index (χ0n) is 20.2. The van der Waals surface area contributed by atoms with Crippen molar-refractivity contribution in [2.75, 3.05) is 25.1 Å². The predicted octanol–water partition coefficient (Wildman–Crippen LogP) is 6.05. The van der Waals surface area contributed by atoms with E-state index in [0.717, 1.165) is 55.8 Å². The maximum absolute atomic E-state index is 9.71. The molecule has 0 bridgehead atoms. The molecule has 0 saturated heterocycles. The first-order chi connectivity index (χ1) is 15.9. The number of methoxy groups -OCH3 is 1. The SMILES string of the molecule is CCCCN(CCCC)c1ccc(/C=C/C2=C(C#N)C(=C(C#N)C#N)OC2(C)C)c(OC)c1. The summed E-state index contributed by atoms with van der Waals surface area (Å²) >= 11 is 0. The van der Waals surface area contributed by atoms with Crippen LogP contribution in [0.25, 0.3) is 6.08 Å². The zero-order valence-corrected chi connectivity index (χ0v) is 20.2. The van der Waals surface area contributed by atoms with Crippen LogP contribution in [0.5, 0.6) is 5.75 Å². The lowest BCUT2D eigenvalue weighted by Crippen LogP contribution is -2.25. The summed E-state index contributed by atoms with van der Waals surface area (Å²) in [7, 11) is 1.65. The number of ether oxygens (including phenoxy) is 2. The van der Waals surface area contributed by atoms with Gasteiger partial charge in [0.2, 0.25) is 0 Å². The van der Waals surface area contributed by atoms with Crippen molar-refractivity contribution in [1.29, 1.82) is 15.8 Å². The molecule has 1 aromatic rings. The molecule has 1 aliphatic heterocycles. The summed E-state index contributed by atoms with van der Waals surface area (Å²) in [6, 6.07) is 11.9. The van der Waals surface area contributed by atoms with Crippen LogP contribution in [0, 0.1) is 34.0 Å². The number of allylic oxidation sites excluding steroid dienone is 2. The largest absolute Gasteiger partial charge is 0.496 e. The highest BCUT2D eigenvalue weighted by molar-refractivity contribution is 5.68. The molecule has 0 N–H and O–H groups in total. The van der Waals surface area contributed by atoms with Crippen LogP contribution in [0.2, 0.25) is 0 Å². The van der Waals surface area contributed by atoms with E-state index in [4.69, 9.17) is 9.47 Å². The molecule has 172 valence electrons. The molecule has 0 spiro atoms. The second kappa shape index (κ2) is 11.8. The molecule has 1 aliphatic rings.